The molecule has 0 aromatic heterocycles. The molecule has 4 heteroatoms. The molecule has 0 N–H and O–H groups in total. The van der Waals surface area contributed by atoms with Crippen LogP contribution in [-0.4, -0.2) is 11.9 Å². The van der Waals surface area contributed by atoms with E-state index in [0.717, 1.165) is 6.08 Å². The second kappa shape index (κ2) is 4.49. The van der Waals surface area contributed by atoms with Crippen LogP contribution in [0.3, 0.4) is 0 Å². The first-order valence-corrected chi connectivity index (χ1v) is 2.92. The quantitative estimate of drug-likeness (QED) is 0.568. The van der Waals surface area contributed by atoms with Gasteiger partial charge in [-0.3, -0.25) is 9.59 Å². The normalized spacial score (nSPS) is 9.00. The van der Waals surface area contributed by atoms with Gasteiger partial charge in [0.2, 0.25) is 0 Å². The van der Waals surface area contributed by atoms with Crippen LogP contribution in [-0.2, 0) is 19.1 Å². The van der Waals surface area contributed by atoms with Crippen molar-refractivity contribution in [1.29, 1.82) is 0 Å². The minimum absolute atomic E-state index is 0.190. The van der Waals surface area contributed by atoms with E-state index in [-0.39, 0.29) is 6.29 Å². The van der Waals surface area contributed by atoms with Crippen molar-refractivity contribution in [1.82, 2.24) is 0 Å². The fraction of sp³-hybridized carbons (Fsp3) is 0.286. The summed E-state index contributed by atoms with van der Waals surface area (Å²) in [6.07, 6.45) is 0.952. The van der Waals surface area contributed by atoms with Crippen LogP contribution in [0.4, 0.5) is 0 Å². The van der Waals surface area contributed by atoms with Crippen LogP contribution in [0.5, 0.6) is 0 Å². The highest BCUT2D eigenvalue weighted by atomic mass is 16.7. The fourth-order valence-corrected chi connectivity index (χ4v) is 0.387. The molecule has 61 valence electrons. The fourth-order valence-electron chi connectivity index (χ4n) is 0.387. The van der Waals surface area contributed by atoms with Crippen LogP contribution in [0.15, 0.2) is 12.7 Å². The molecule has 0 saturated carbocycles. The Morgan fingerprint density at radius 2 is 1.55 bits per heavy atom. The predicted molar refractivity (Wildman–Crippen MR) is 37.0 cm³/mol. The third-order valence-electron chi connectivity index (χ3n) is 0.655. The molecule has 0 bridgehead atoms. The van der Waals surface area contributed by atoms with Gasteiger partial charge in [0.1, 0.15) is 0 Å². The Morgan fingerprint density at radius 1 is 1.18 bits per heavy atom. The van der Waals surface area contributed by atoms with Gasteiger partial charge in [-0.1, -0.05) is 6.58 Å². The van der Waals surface area contributed by atoms with E-state index in [0.29, 0.717) is 0 Å². The summed E-state index contributed by atoms with van der Waals surface area (Å²) in [5.41, 5.74) is 0. The van der Waals surface area contributed by atoms with Crippen molar-refractivity contribution in [3.05, 3.63) is 18.9 Å². The van der Waals surface area contributed by atoms with E-state index in [4.69, 9.17) is 0 Å². The van der Waals surface area contributed by atoms with Crippen molar-refractivity contribution < 1.29 is 19.1 Å². The van der Waals surface area contributed by atoms with Gasteiger partial charge in [-0.05, 0) is 0 Å². The lowest BCUT2D eigenvalue weighted by atomic mass is 10.6. The highest BCUT2D eigenvalue weighted by molar-refractivity contribution is 5.69. The number of hydrogen-bond donors (Lipinski definition) is 0. The van der Waals surface area contributed by atoms with Crippen molar-refractivity contribution in [2.45, 2.75) is 13.8 Å². The summed E-state index contributed by atoms with van der Waals surface area (Å²) in [7, 11) is 0. The SMILES string of the molecule is C=C[C](OC(C)=O)OC(C)=O. The summed E-state index contributed by atoms with van der Waals surface area (Å²) in [4.78, 5) is 20.6. The number of ether oxygens (including phenoxy) is 2. The number of rotatable bonds is 3. The minimum atomic E-state index is -0.554. The Morgan fingerprint density at radius 3 is 1.73 bits per heavy atom. The molecular weight excluding hydrogens is 148 g/mol. The number of hydrogen-bond acceptors (Lipinski definition) is 4. The van der Waals surface area contributed by atoms with E-state index in [1.165, 1.54) is 13.8 Å². The molecule has 0 saturated heterocycles. The van der Waals surface area contributed by atoms with Gasteiger partial charge in [-0.25, -0.2) is 0 Å². The van der Waals surface area contributed by atoms with Crippen LogP contribution in [0, 0.1) is 6.29 Å². The van der Waals surface area contributed by atoms with E-state index in [2.05, 4.69) is 16.1 Å². The van der Waals surface area contributed by atoms with Crippen LogP contribution in [0.25, 0.3) is 0 Å². The Hall–Kier alpha value is -1.32. The topological polar surface area (TPSA) is 52.6 Å². The van der Waals surface area contributed by atoms with Gasteiger partial charge in [0.25, 0.3) is 0 Å². The molecule has 11 heavy (non-hydrogen) atoms. The van der Waals surface area contributed by atoms with Gasteiger partial charge in [0.15, 0.2) is 0 Å². The molecule has 1 radical (unpaired) electrons. The first-order chi connectivity index (χ1) is 5.06. The molecule has 0 aliphatic rings. The van der Waals surface area contributed by atoms with E-state index in [9.17, 15) is 9.59 Å². The Labute approximate surface area is 64.8 Å². The molecule has 0 fully saturated rings. The standard InChI is InChI=1S/C7H9O4/c1-4-7(10-5(2)8)11-6(3)9/h4H,1H2,2-3H3. The minimum Gasteiger partial charge on any atom is -0.411 e. The van der Waals surface area contributed by atoms with Gasteiger partial charge in [0, 0.05) is 19.9 Å². The molecule has 0 aliphatic carbocycles. The lowest BCUT2D eigenvalue weighted by Gasteiger charge is -2.08. The van der Waals surface area contributed by atoms with Crippen molar-refractivity contribution in [2.75, 3.05) is 0 Å². The maximum absolute atomic E-state index is 10.3. The van der Waals surface area contributed by atoms with Crippen molar-refractivity contribution in [3.63, 3.8) is 0 Å². The molecule has 0 unspecified atom stereocenters. The van der Waals surface area contributed by atoms with E-state index >= 15 is 0 Å². The summed E-state index contributed by atoms with van der Waals surface area (Å²) in [6.45, 7) is 5.68. The lowest BCUT2D eigenvalue weighted by molar-refractivity contribution is -0.158. The zero-order chi connectivity index (χ0) is 8.85. The highest BCUT2D eigenvalue weighted by Crippen LogP contribution is 2.05. The van der Waals surface area contributed by atoms with Gasteiger partial charge >= 0.3 is 18.2 Å². The second-order valence-electron chi connectivity index (χ2n) is 1.71. The average molecular weight is 157 g/mol. The lowest BCUT2D eigenvalue weighted by Crippen LogP contribution is -2.11. The Bertz CT molecular complexity index is 157. The zero-order valence-electron chi connectivity index (χ0n) is 6.42. The van der Waals surface area contributed by atoms with Crippen LogP contribution in [0.2, 0.25) is 0 Å². The van der Waals surface area contributed by atoms with Gasteiger partial charge in [-0.2, -0.15) is 0 Å². The van der Waals surface area contributed by atoms with Crippen LogP contribution in [0.1, 0.15) is 13.8 Å². The molecule has 0 aliphatic heterocycles. The number of esters is 2. The first kappa shape index (κ1) is 9.68. The smallest absolute Gasteiger partial charge is 0.359 e. The van der Waals surface area contributed by atoms with Crippen molar-refractivity contribution in [3.8, 4) is 0 Å². The molecule has 0 atom stereocenters. The Kier molecular flexibility index (Phi) is 3.95. The van der Waals surface area contributed by atoms with Crippen LogP contribution < -0.4 is 0 Å². The summed E-state index contributed by atoms with van der Waals surface area (Å²) >= 11 is 0. The third kappa shape index (κ3) is 5.14. The summed E-state index contributed by atoms with van der Waals surface area (Å²) in [5.74, 6) is -1.11. The number of carbonyl (C=O) groups is 2. The number of carbonyl (C=O) groups excluding carboxylic acids is 2. The van der Waals surface area contributed by atoms with Crippen molar-refractivity contribution >= 4 is 11.9 Å². The molecule has 0 spiro atoms. The molecule has 0 heterocycles. The third-order valence-corrected chi connectivity index (χ3v) is 0.655. The molecular formula is C7H9O4. The van der Waals surface area contributed by atoms with Gasteiger partial charge in [-0.15, -0.1) is 0 Å². The van der Waals surface area contributed by atoms with Gasteiger partial charge < -0.3 is 9.47 Å². The molecule has 0 rings (SSSR count). The largest absolute Gasteiger partial charge is 0.411 e. The highest BCUT2D eigenvalue weighted by Gasteiger charge is 2.12. The molecule has 0 amide bonds. The summed E-state index contributed by atoms with van der Waals surface area (Å²) in [6, 6.07) is 0. The molecule has 4 nitrogen and oxygen atoms in total. The monoisotopic (exact) mass is 157 g/mol. The van der Waals surface area contributed by atoms with Crippen molar-refractivity contribution in [2.24, 2.45) is 0 Å². The first-order valence-electron chi connectivity index (χ1n) is 2.92. The Balaban J connectivity index is 3.85. The maximum Gasteiger partial charge on any atom is 0.359 e. The van der Waals surface area contributed by atoms with E-state index in [1.807, 2.05) is 0 Å². The van der Waals surface area contributed by atoms with E-state index < -0.39 is 11.9 Å². The molecule has 0 aromatic rings. The van der Waals surface area contributed by atoms with E-state index in [1.54, 1.807) is 0 Å². The molecule has 0 aromatic carbocycles. The maximum atomic E-state index is 10.3. The average Bonchev–Trinajstić information content (AvgIpc) is 1.84. The summed E-state index contributed by atoms with van der Waals surface area (Å²) in [5, 5.41) is 0. The second-order valence-corrected chi connectivity index (χ2v) is 1.71. The predicted octanol–water partition coefficient (Wildman–Crippen LogP) is 0.788. The zero-order valence-corrected chi connectivity index (χ0v) is 6.42. The van der Waals surface area contributed by atoms with Crippen LogP contribution >= 0.6 is 0 Å². The summed E-state index contributed by atoms with van der Waals surface area (Å²) < 4.78 is 8.85. The van der Waals surface area contributed by atoms with Gasteiger partial charge in [0.05, 0.1) is 0 Å².